The van der Waals surface area contributed by atoms with Gasteiger partial charge in [0.2, 0.25) is 0 Å². The second-order valence-electron chi connectivity index (χ2n) is 4.12. The molecule has 0 aliphatic heterocycles. The Bertz CT molecular complexity index is 671. The molecule has 3 N–H and O–H groups in total. The quantitative estimate of drug-likeness (QED) is 0.803. The van der Waals surface area contributed by atoms with E-state index in [2.05, 4.69) is 26.2 Å². The number of carbonyl (C=O) groups is 1. The molecular weight excluding hydrogens is 351 g/mol. The minimum absolute atomic E-state index is 0.155. The molecule has 0 aliphatic rings. The van der Waals surface area contributed by atoms with Gasteiger partial charge in [-0.3, -0.25) is 4.79 Å². The normalized spacial score (nSPS) is 11.2. The van der Waals surface area contributed by atoms with Gasteiger partial charge in [-0.1, -0.05) is 0 Å². The van der Waals surface area contributed by atoms with E-state index < -0.39 is 17.8 Å². The molecule has 0 saturated heterocycles. The van der Waals surface area contributed by atoms with Crippen LogP contribution in [0.2, 0.25) is 0 Å². The largest absolute Gasteiger partial charge is 0.433 e. The topological polar surface area (TPSA) is 68.0 Å². The molecule has 2 rings (SSSR count). The fraction of sp³-hybridized carbons (Fsp3) is 0.0769. The van der Waals surface area contributed by atoms with Crippen molar-refractivity contribution in [2.24, 2.45) is 0 Å². The second kappa shape index (κ2) is 5.72. The zero-order valence-corrected chi connectivity index (χ0v) is 12.0. The molecule has 0 saturated carbocycles. The van der Waals surface area contributed by atoms with Crippen LogP contribution in [-0.4, -0.2) is 10.9 Å². The third-order valence-corrected chi connectivity index (χ3v) is 3.24. The van der Waals surface area contributed by atoms with Crippen LogP contribution in [-0.2, 0) is 6.18 Å². The summed E-state index contributed by atoms with van der Waals surface area (Å²) < 4.78 is 37.6. The summed E-state index contributed by atoms with van der Waals surface area (Å²) in [5.41, 5.74) is 5.39. The van der Waals surface area contributed by atoms with Crippen molar-refractivity contribution in [1.82, 2.24) is 4.98 Å². The Hall–Kier alpha value is -2.09. The van der Waals surface area contributed by atoms with Gasteiger partial charge in [-0.25, -0.2) is 4.98 Å². The Balaban J connectivity index is 2.18. The van der Waals surface area contributed by atoms with Crippen LogP contribution in [0.5, 0.6) is 0 Å². The highest BCUT2D eigenvalue weighted by Crippen LogP contribution is 2.28. The molecule has 1 aromatic carbocycles. The van der Waals surface area contributed by atoms with Crippen LogP contribution < -0.4 is 11.1 Å². The molecule has 0 fully saturated rings. The van der Waals surface area contributed by atoms with E-state index in [1.165, 1.54) is 6.07 Å². The molecule has 4 nitrogen and oxygen atoms in total. The molecule has 8 heteroatoms. The maximum absolute atomic E-state index is 12.4. The van der Waals surface area contributed by atoms with Crippen LogP contribution in [0, 0.1) is 0 Å². The van der Waals surface area contributed by atoms with Gasteiger partial charge in [0.05, 0.1) is 17.4 Å². The van der Waals surface area contributed by atoms with Crippen molar-refractivity contribution in [1.29, 1.82) is 0 Å². The number of hydrogen-bond donors (Lipinski definition) is 2. The van der Waals surface area contributed by atoms with Crippen LogP contribution in [0.1, 0.15) is 16.1 Å². The number of benzene rings is 1. The maximum Gasteiger partial charge on any atom is 0.433 e. The van der Waals surface area contributed by atoms with Gasteiger partial charge in [0, 0.05) is 10.2 Å². The summed E-state index contributed by atoms with van der Waals surface area (Å²) in [5, 5.41) is 2.45. The first-order valence-electron chi connectivity index (χ1n) is 5.67. The zero-order valence-electron chi connectivity index (χ0n) is 10.4. The lowest BCUT2D eigenvalue weighted by Gasteiger charge is -2.09. The van der Waals surface area contributed by atoms with E-state index in [9.17, 15) is 18.0 Å². The lowest BCUT2D eigenvalue weighted by molar-refractivity contribution is -0.141. The minimum atomic E-state index is -4.51. The van der Waals surface area contributed by atoms with Crippen LogP contribution in [0.4, 0.5) is 24.5 Å². The summed E-state index contributed by atoms with van der Waals surface area (Å²) in [6, 6.07) is 6.60. The van der Waals surface area contributed by atoms with Crippen LogP contribution >= 0.6 is 15.9 Å². The smallest absolute Gasteiger partial charge is 0.399 e. The van der Waals surface area contributed by atoms with Crippen molar-refractivity contribution in [2.45, 2.75) is 6.18 Å². The standard InChI is InChI=1S/C13H9BrF3N3O/c14-10-3-1-7(18)5-9(10)12(21)20-8-2-4-11(19-6-8)13(15,16)17/h1-6H,18H2,(H,20,21). The molecule has 0 unspecified atom stereocenters. The molecule has 0 aliphatic carbocycles. The van der Waals surface area contributed by atoms with Crippen molar-refractivity contribution >= 4 is 33.2 Å². The minimum Gasteiger partial charge on any atom is -0.399 e. The Labute approximate surface area is 126 Å². The van der Waals surface area contributed by atoms with E-state index in [0.717, 1.165) is 18.3 Å². The molecule has 0 radical (unpaired) electrons. The van der Waals surface area contributed by atoms with Crippen molar-refractivity contribution in [3.8, 4) is 0 Å². The van der Waals surface area contributed by atoms with E-state index >= 15 is 0 Å². The summed E-state index contributed by atoms with van der Waals surface area (Å²) in [7, 11) is 0. The van der Waals surface area contributed by atoms with Gasteiger partial charge in [0.15, 0.2) is 0 Å². The highest BCUT2D eigenvalue weighted by atomic mass is 79.9. The van der Waals surface area contributed by atoms with Gasteiger partial charge in [0.25, 0.3) is 5.91 Å². The first-order chi connectivity index (χ1) is 9.77. The van der Waals surface area contributed by atoms with Gasteiger partial charge in [-0.2, -0.15) is 13.2 Å². The van der Waals surface area contributed by atoms with Crippen LogP contribution in [0.3, 0.4) is 0 Å². The summed E-state index contributed by atoms with van der Waals surface area (Å²) in [5.74, 6) is -0.504. The number of alkyl halides is 3. The van der Waals surface area contributed by atoms with Crippen molar-refractivity contribution < 1.29 is 18.0 Å². The third kappa shape index (κ3) is 3.72. The Kier molecular flexibility index (Phi) is 4.17. The second-order valence-corrected chi connectivity index (χ2v) is 4.98. The number of nitrogens with one attached hydrogen (secondary N) is 1. The lowest BCUT2D eigenvalue weighted by Crippen LogP contribution is -2.14. The van der Waals surface area contributed by atoms with Gasteiger partial charge >= 0.3 is 6.18 Å². The molecule has 110 valence electrons. The van der Waals surface area contributed by atoms with E-state index in [1.807, 2.05) is 0 Å². The number of pyridine rings is 1. The average Bonchev–Trinajstić information content (AvgIpc) is 2.41. The van der Waals surface area contributed by atoms with E-state index in [4.69, 9.17) is 5.73 Å². The number of carbonyl (C=O) groups excluding carboxylic acids is 1. The number of amides is 1. The molecule has 0 spiro atoms. The monoisotopic (exact) mass is 359 g/mol. The molecule has 0 bridgehead atoms. The Morgan fingerprint density at radius 2 is 1.95 bits per heavy atom. The predicted octanol–water partition coefficient (Wildman–Crippen LogP) is 3.70. The van der Waals surface area contributed by atoms with Gasteiger partial charge in [0.1, 0.15) is 5.69 Å². The predicted molar refractivity (Wildman–Crippen MR) is 75.7 cm³/mol. The fourth-order valence-corrected chi connectivity index (χ4v) is 1.98. The SMILES string of the molecule is Nc1ccc(Br)c(C(=O)Nc2ccc(C(F)(F)F)nc2)c1. The molecule has 1 aromatic heterocycles. The highest BCUT2D eigenvalue weighted by molar-refractivity contribution is 9.10. The average molecular weight is 360 g/mol. The van der Waals surface area contributed by atoms with Gasteiger partial charge < -0.3 is 11.1 Å². The third-order valence-electron chi connectivity index (χ3n) is 2.55. The number of rotatable bonds is 2. The number of aromatic nitrogens is 1. The van der Waals surface area contributed by atoms with Gasteiger partial charge in [-0.05, 0) is 46.3 Å². The number of halogens is 4. The molecular formula is C13H9BrF3N3O. The number of hydrogen-bond acceptors (Lipinski definition) is 3. The molecule has 21 heavy (non-hydrogen) atoms. The number of anilines is 2. The summed E-state index contributed by atoms with van der Waals surface area (Å²) in [6.45, 7) is 0. The maximum atomic E-state index is 12.4. The van der Waals surface area contributed by atoms with Crippen LogP contribution in [0.25, 0.3) is 0 Å². The highest BCUT2D eigenvalue weighted by Gasteiger charge is 2.32. The van der Waals surface area contributed by atoms with Gasteiger partial charge in [-0.15, -0.1) is 0 Å². The summed E-state index contributed by atoms with van der Waals surface area (Å²) in [4.78, 5) is 15.3. The molecule has 1 amide bonds. The van der Waals surface area contributed by atoms with Crippen molar-refractivity contribution in [3.63, 3.8) is 0 Å². The first kappa shape index (κ1) is 15.3. The summed E-state index contributed by atoms with van der Waals surface area (Å²) in [6.07, 6.45) is -3.57. The summed E-state index contributed by atoms with van der Waals surface area (Å²) >= 11 is 3.20. The lowest BCUT2D eigenvalue weighted by atomic mass is 10.2. The molecule has 2 aromatic rings. The molecule has 0 atom stereocenters. The van der Waals surface area contributed by atoms with Crippen molar-refractivity contribution in [2.75, 3.05) is 11.1 Å². The number of nitrogens with two attached hydrogens (primary N) is 1. The number of nitrogen functional groups attached to an aromatic ring is 1. The van der Waals surface area contributed by atoms with E-state index in [-0.39, 0.29) is 11.3 Å². The van der Waals surface area contributed by atoms with E-state index in [1.54, 1.807) is 12.1 Å². The number of nitrogens with zero attached hydrogens (tertiary/aromatic N) is 1. The van der Waals surface area contributed by atoms with Crippen molar-refractivity contribution in [3.05, 3.63) is 52.3 Å². The Morgan fingerprint density at radius 3 is 2.52 bits per heavy atom. The molecule has 1 heterocycles. The first-order valence-corrected chi connectivity index (χ1v) is 6.46. The van der Waals surface area contributed by atoms with E-state index in [0.29, 0.717) is 10.2 Å². The van der Waals surface area contributed by atoms with Crippen LogP contribution in [0.15, 0.2) is 41.0 Å². The fourth-order valence-electron chi connectivity index (χ4n) is 1.55. The Morgan fingerprint density at radius 1 is 1.24 bits per heavy atom. The zero-order chi connectivity index (χ0) is 15.6.